The molecular formula is C42H55Br2Cl2F3N8O5S2. The third kappa shape index (κ3) is 17.6. The van der Waals surface area contributed by atoms with Crippen molar-refractivity contribution >= 4 is 111 Å². The third-order valence-corrected chi connectivity index (χ3v) is 11.8. The summed E-state index contributed by atoms with van der Waals surface area (Å²) in [5.74, 6) is -0.350. The van der Waals surface area contributed by atoms with Crippen LogP contribution in [0.25, 0.3) is 4.85 Å². The second-order valence-corrected chi connectivity index (χ2v) is 16.9. The van der Waals surface area contributed by atoms with Crippen molar-refractivity contribution in [3.05, 3.63) is 87.9 Å². The van der Waals surface area contributed by atoms with E-state index >= 15 is 0 Å². The van der Waals surface area contributed by atoms with Crippen LogP contribution in [-0.2, 0) is 33.5 Å². The van der Waals surface area contributed by atoms with E-state index in [0.29, 0.717) is 61.4 Å². The number of fused-ring (bicyclic) bond motifs is 1. The van der Waals surface area contributed by atoms with E-state index in [1.807, 2.05) is 6.08 Å². The van der Waals surface area contributed by atoms with Crippen molar-refractivity contribution in [1.82, 2.24) is 24.7 Å². The van der Waals surface area contributed by atoms with Gasteiger partial charge in [0.05, 0.1) is 28.5 Å². The maximum atomic E-state index is 14.1. The Hall–Kier alpha value is -3.03. The lowest BCUT2D eigenvalue weighted by Gasteiger charge is -2.41. The van der Waals surface area contributed by atoms with E-state index in [-0.39, 0.29) is 74.8 Å². The summed E-state index contributed by atoms with van der Waals surface area (Å²) in [4.78, 5) is 56.1. The van der Waals surface area contributed by atoms with Crippen molar-refractivity contribution in [2.24, 2.45) is 0 Å². The minimum atomic E-state index is -4.62. The Labute approximate surface area is 414 Å². The second-order valence-electron chi connectivity index (χ2n) is 14.8. The van der Waals surface area contributed by atoms with E-state index in [0.717, 1.165) is 50.7 Å². The standard InChI is InChI=1S/C34H42ClF3N8O2.C4H4BrClO.C4H5BrO2.2H2S/c1-39-20-25-21-45(18-19-46(25)30(47)11-7-16-43-14-3-4-15-43)32-26-12-17-44(29-10-5-9-27(35)31(29)34(36,37)38)22-28(26)40-33(41-32)48-23-24-8-6-13-42(24)2;2*5-3-1-2-4(6)7;;/h5,7,9-11,24-25H,3-4,6,8,12-23H2,2H3;1-2H,3H2;1-2H,3H2,(H,6,7);2*1H2/b11-7+;2*2-1+;;/t24-,25-;;;;/m0..../s1. The quantitative estimate of drug-likeness (QED) is 0.0918. The van der Waals surface area contributed by atoms with Gasteiger partial charge in [0.2, 0.25) is 17.7 Å². The number of hydrogen-bond acceptors (Lipinski definition) is 10. The van der Waals surface area contributed by atoms with E-state index < -0.39 is 23.0 Å². The number of carbonyl (C=O) groups excluding carboxylic acids is 2. The van der Waals surface area contributed by atoms with Crippen LogP contribution in [0.3, 0.4) is 0 Å². The van der Waals surface area contributed by atoms with E-state index in [4.69, 9.17) is 49.6 Å². The van der Waals surface area contributed by atoms with Crippen LogP contribution in [0.15, 0.2) is 54.7 Å². The highest BCUT2D eigenvalue weighted by Crippen LogP contribution is 2.43. The zero-order chi connectivity index (χ0) is 45.2. The Kier molecular flexibility index (Phi) is 25.8. The van der Waals surface area contributed by atoms with Crippen LogP contribution >= 0.6 is 82.1 Å². The molecule has 3 saturated heterocycles. The average molecular weight is 1100 g/mol. The number of hydrogen-bond donors (Lipinski definition) is 1. The normalized spacial score (nSPS) is 19.0. The summed E-state index contributed by atoms with van der Waals surface area (Å²) < 4.78 is 48.5. The number of rotatable bonds is 13. The van der Waals surface area contributed by atoms with Gasteiger partial charge in [-0.15, -0.1) is 0 Å². The van der Waals surface area contributed by atoms with Gasteiger partial charge < -0.3 is 34.3 Å². The molecular weight excluding hydrogens is 1050 g/mol. The van der Waals surface area contributed by atoms with Crippen LogP contribution in [0.2, 0.25) is 5.02 Å². The van der Waals surface area contributed by atoms with Crippen molar-refractivity contribution in [3.8, 4) is 6.01 Å². The monoisotopic (exact) mass is 1100 g/mol. The van der Waals surface area contributed by atoms with Crippen molar-refractivity contribution in [2.45, 2.75) is 56.9 Å². The minimum Gasteiger partial charge on any atom is -0.478 e. The molecule has 4 aliphatic heterocycles. The van der Waals surface area contributed by atoms with Gasteiger partial charge in [0.1, 0.15) is 18.5 Å². The molecule has 2 aromatic rings. The van der Waals surface area contributed by atoms with Gasteiger partial charge in [0.15, 0.2) is 0 Å². The molecule has 4 aliphatic rings. The molecule has 22 heteroatoms. The number of ether oxygens (including phenoxy) is 1. The molecule has 0 spiro atoms. The summed E-state index contributed by atoms with van der Waals surface area (Å²) in [6, 6.07) is 4.29. The van der Waals surface area contributed by atoms with Gasteiger partial charge in [-0.2, -0.15) is 50.1 Å². The Balaban J connectivity index is 0.000000763. The summed E-state index contributed by atoms with van der Waals surface area (Å²) >= 11 is 17.1. The Bertz CT molecular complexity index is 1950. The summed E-state index contributed by atoms with van der Waals surface area (Å²) in [7, 11) is 2.06. The Morgan fingerprint density at radius 3 is 2.23 bits per heavy atom. The smallest absolute Gasteiger partial charge is 0.419 e. The largest absolute Gasteiger partial charge is 0.478 e. The average Bonchev–Trinajstić information content (AvgIpc) is 3.92. The molecule has 64 heavy (non-hydrogen) atoms. The first-order valence-corrected chi connectivity index (χ1v) is 23.1. The number of carboxylic acid groups (broad SMARTS) is 1. The van der Waals surface area contributed by atoms with Crippen LogP contribution in [0, 0.1) is 6.57 Å². The predicted octanol–water partition coefficient (Wildman–Crippen LogP) is 7.72. The number of benzene rings is 1. The van der Waals surface area contributed by atoms with Crippen molar-refractivity contribution in [3.63, 3.8) is 0 Å². The Morgan fingerprint density at radius 1 is 0.953 bits per heavy atom. The molecule has 3 fully saturated rings. The Morgan fingerprint density at radius 2 is 1.66 bits per heavy atom. The number of amides is 1. The van der Waals surface area contributed by atoms with Gasteiger partial charge in [0, 0.05) is 67.1 Å². The molecule has 0 saturated carbocycles. The van der Waals surface area contributed by atoms with Crippen LogP contribution < -0.4 is 14.5 Å². The maximum Gasteiger partial charge on any atom is 0.419 e. The molecule has 354 valence electrons. The molecule has 0 bridgehead atoms. The number of likely N-dealkylation sites (N-methyl/N-ethyl adjacent to an activating group) is 1. The fourth-order valence-electron chi connectivity index (χ4n) is 7.58. The molecule has 13 nitrogen and oxygen atoms in total. The number of allylic oxidation sites excluding steroid dienone is 3. The number of aliphatic carboxylic acids is 1. The van der Waals surface area contributed by atoms with Crippen molar-refractivity contribution < 1.29 is 37.4 Å². The highest BCUT2D eigenvalue weighted by molar-refractivity contribution is 9.09. The van der Waals surface area contributed by atoms with Crippen molar-refractivity contribution in [2.75, 3.05) is 93.0 Å². The molecule has 1 amide bonds. The topological polar surface area (TPSA) is 127 Å². The zero-order valence-electron chi connectivity index (χ0n) is 35.4. The van der Waals surface area contributed by atoms with E-state index in [9.17, 15) is 27.6 Å². The third-order valence-electron chi connectivity index (χ3n) is 10.6. The number of piperazine rings is 1. The van der Waals surface area contributed by atoms with Gasteiger partial charge in [-0.25, -0.2) is 11.4 Å². The van der Waals surface area contributed by atoms with Crippen LogP contribution in [0.5, 0.6) is 6.01 Å². The van der Waals surface area contributed by atoms with Gasteiger partial charge in [-0.1, -0.05) is 67.8 Å². The summed E-state index contributed by atoms with van der Waals surface area (Å²) in [6.07, 6.45) is 9.32. The minimum absolute atomic E-state index is 0. The van der Waals surface area contributed by atoms with Gasteiger partial charge in [-0.05, 0) is 88.6 Å². The number of aromatic nitrogens is 2. The van der Waals surface area contributed by atoms with E-state index in [1.54, 1.807) is 22.0 Å². The molecule has 0 radical (unpaired) electrons. The van der Waals surface area contributed by atoms with E-state index in [1.165, 1.54) is 43.2 Å². The first-order valence-electron chi connectivity index (χ1n) is 20.1. The van der Waals surface area contributed by atoms with Gasteiger partial charge >= 0.3 is 18.2 Å². The first-order chi connectivity index (χ1) is 29.7. The lowest BCUT2D eigenvalue weighted by atomic mass is 10.0. The highest BCUT2D eigenvalue weighted by Gasteiger charge is 2.39. The number of alkyl halides is 5. The predicted molar refractivity (Wildman–Crippen MR) is 264 cm³/mol. The number of likely N-dealkylation sites (tertiary alicyclic amines) is 2. The van der Waals surface area contributed by atoms with E-state index in [2.05, 4.69) is 58.5 Å². The number of anilines is 2. The fourth-order valence-corrected chi connectivity index (χ4v) is 8.32. The molecule has 5 heterocycles. The summed E-state index contributed by atoms with van der Waals surface area (Å²) in [5, 5.41) is 8.43. The second kappa shape index (κ2) is 28.9. The molecule has 0 aliphatic carbocycles. The zero-order valence-corrected chi connectivity index (χ0v) is 42.1. The van der Waals surface area contributed by atoms with Gasteiger partial charge in [0.25, 0.3) is 0 Å². The molecule has 2 atom stereocenters. The molecule has 1 aromatic carbocycles. The fraction of sp³-hybridized carbons (Fsp3) is 0.524. The number of carboxylic acids is 1. The van der Waals surface area contributed by atoms with Crippen LogP contribution in [0.4, 0.5) is 24.7 Å². The molecule has 6 rings (SSSR count). The van der Waals surface area contributed by atoms with Crippen LogP contribution in [0.1, 0.15) is 42.5 Å². The lowest BCUT2D eigenvalue weighted by molar-refractivity contribution is -0.137. The van der Waals surface area contributed by atoms with Crippen LogP contribution in [-0.4, -0.2) is 142 Å². The number of nitrogens with zero attached hydrogens (tertiary/aromatic N) is 8. The number of carbonyl (C=O) groups is 3. The SMILES string of the molecule is O=C(Cl)/C=C/CBr.O=C(O)/C=C/CBr.S.S.[C-]#[N+]C[C@H]1CN(c2nc(OC[C@@H]3CCCN3C)nc3c2CCN(c2cccc(Cl)c2C(F)(F)F)C3)CCN1C(=O)/C=C/CN1CCCC1. The van der Waals surface area contributed by atoms with Gasteiger partial charge in [-0.3, -0.25) is 14.5 Å². The molecule has 1 N–H and O–H groups in total. The summed E-state index contributed by atoms with van der Waals surface area (Å²) in [5.41, 5.74) is 0.596. The molecule has 0 unspecified atom stereocenters. The highest BCUT2D eigenvalue weighted by atomic mass is 79.9. The summed E-state index contributed by atoms with van der Waals surface area (Å²) in [6.45, 7) is 13.7. The number of halogens is 7. The lowest BCUT2D eigenvalue weighted by Crippen LogP contribution is -2.56. The maximum absolute atomic E-state index is 14.1. The van der Waals surface area contributed by atoms with Crippen molar-refractivity contribution in [1.29, 1.82) is 0 Å². The molecule has 1 aromatic heterocycles. The first kappa shape index (κ1) is 57.1.